The highest BCUT2D eigenvalue weighted by atomic mass is 15.1. The second-order valence-electron chi connectivity index (χ2n) is 6.75. The van der Waals surface area contributed by atoms with Crippen LogP contribution >= 0.6 is 0 Å². The van der Waals surface area contributed by atoms with Gasteiger partial charge in [0, 0.05) is 23.9 Å². The lowest BCUT2D eigenvalue weighted by molar-refractivity contribution is 0.606. The molecule has 5 heteroatoms. The minimum absolute atomic E-state index is 0.499. The van der Waals surface area contributed by atoms with E-state index in [1.165, 1.54) is 0 Å². The predicted octanol–water partition coefficient (Wildman–Crippen LogP) is 5.22. The van der Waals surface area contributed by atoms with Gasteiger partial charge in [-0.25, -0.2) is 4.98 Å². The summed E-state index contributed by atoms with van der Waals surface area (Å²) in [4.78, 5) is 9.24. The van der Waals surface area contributed by atoms with E-state index in [2.05, 4.69) is 40.5 Å². The molecule has 0 amide bonds. The van der Waals surface area contributed by atoms with Crippen LogP contribution in [-0.2, 0) is 0 Å². The van der Waals surface area contributed by atoms with Crippen molar-refractivity contribution in [1.82, 2.24) is 9.97 Å². The molecule has 2 aromatic carbocycles. The number of aromatic nitrogens is 2. The van der Waals surface area contributed by atoms with Crippen LogP contribution in [0.4, 0.5) is 17.5 Å². The topological polar surface area (TPSA) is 73.6 Å². The average molecular weight is 357 g/mol. The predicted molar refractivity (Wildman–Crippen MR) is 110 cm³/mol. The molecule has 5 nitrogen and oxygen atoms in total. The minimum atomic E-state index is 0.499. The van der Waals surface area contributed by atoms with E-state index >= 15 is 0 Å². The van der Waals surface area contributed by atoms with E-state index < -0.39 is 0 Å². The molecule has 0 atom stereocenters. The first-order valence-corrected chi connectivity index (χ1v) is 9.09. The third kappa shape index (κ3) is 5.29. The van der Waals surface area contributed by atoms with Crippen molar-refractivity contribution in [1.29, 1.82) is 5.26 Å². The van der Waals surface area contributed by atoms with Crippen LogP contribution in [-0.4, -0.2) is 16.5 Å². The SMILES string of the molecule is CC(C)CCNc1cc(-c2ccccc2)nc(Nc2cccc(C#N)c2)n1. The highest BCUT2D eigenvalue weighted by molar-refractivity contribution is 5.66. The fourth-order valence-electron chi connectivity index (χ4n) is 2.64. The highest BCUT2D eigenvalue weighted by Crippen LogP contribution is 2.23. The fourth-order valence-corrected chi connectivity index (χ4v) is 2.64. The summed E-state index contributed by atoms with van der Waals surface area (Å²) in [6.45, 7) is 5.25. The second-order valence-corrected chi connectivity index (χ2v) is 6.75. The molecule has 0 saturated carbocycles. The zero-order chi connectivity index (χ0) is 19.1. The Balaban J connectivity index is 1.90. The molecular formula is C22H23N5. The molecule has 3 aromatic rings. The monoisotopic (exact) mass is 357 g/mol. The molecule has 0 unspecified atom stereocenters. The van der Waals surface area contributed by atoms with Crippen LogP contribution in [0.25, 0.3) is 11.3 Å². The largest absolute Gasteiger partial charge is 0.370 e. The van der Waals surface area contributed by atoms with E-state index in [9.17, 15) is 0 Å². The lowest BCUT2D eigenvalue weighted by atomic mass is 10.1. The third-order valence-corrected chi connectivity index (χ3v) is 4.07. The van der Waals surface area contributed by atoms with Crippen molar-refractivity contribution in [3.63, 3.8) is 0 Å². The molecule has 1 heterocycles. The number of nitrogens with zero attached hydrogens (tertiary/aromatic N) is 3. The summed E-state index contributed by atoms with van der Waals surface area (Å²) < 4.78 is 0. The number of nitrogens with one attached hydrogen (secondary N) is 2. The van der Waals surface area contributed by atoms with Crippen LogP contribution in [0.1, 0.15) is 25.8 Å². The summed E-state index contributed by atoms with van der Waals surface area (Å²) in [6, 6.07) is 21.4. The molecule has 1 aromatic heterocycles. The van der Waals surface area contributed by atoms with E-state index in [1.807, 2.05) is 48.5 Å². The van der Waals surface area contributed by atoms with Crippen LogP contribution in [0.3, 0.4) is 0 Å². The van der Waals surface area contributed by atoms with Crippen molar-refractivity contribution >= 4 is 17.5 Å². The molecule has 0 fully saturated rings. The van der Waals surface area contributed by atoms with E-state index in [0.717, 1.165) is 35.7 Å². The first-order valence-electron chi connectivity index (χ1n) is 9.09. The normalized spacial score (nSPS) is 10.4. The van der Waals surface area contributed by atoms with Gasteiger partial charge >= 0.3 is 0 Å². The van der Waals surface area contributed by atoms with Gasteiger partial charge in [-0.05, 0) is 30.5 Å². The second kappa shape index (κ2) is 8.81. The van der Waals surface area contributed by atoms with Crippen molar-refractivity contribution in [2.45, 2.75) is 20.3 Å². The van der Waals surface area contributed by atoms with Crippen molar-refractivity contribution < 1.29 is 0 Å². The van der Waals surface area contributed by atoms with Gasteiger partial charge in [0.2, 0.25) is 5.95 Å². The maximum absolute atomic E-state index is 9.09. The number of nitriles is 1. The van der Waals surface area contributed by atoms with Crippen molar-refractivity contribution in [2.24, 2.45) is 5.92 Å². The number of anilines is 3. The average Bonchev–Trinajstić information content (AvgIpc) is 2.68. The minimum Gasteiger partial charge on any atom is -0.370 e. The van der Waals surface area contributed by atoms with E-state index in [-0.39, 0.29) is 0 Å². The smallest absolute Gasteiger partial charge is 0.229 e. The Hall–Kier alpha value is -3.39. The third-order valence-electron chi connectivity index (χ3n) is 4.07. The Kier molecular flexibility index (Phi) is 6.01. The van der Waals surface area contributed by atoms with Crippen molar-refractivity contribution in [3.05, 3.63) is 66.2 Å². The molecule has 0 aliphatic heterocycles. The summed E-state index contributed by atoms with van der Waals surface area (Å²) in [6.07, 6.45) is 1.07. The van der Waals surface area contributed by atoms with Gasteiger partial charge in [-0.3, -0.25) is 0 Å². The van der Waals surface area contributed by atoms with Gasteiger partial charge in [-0.2, -0.15) is 10.2 Å². The van der Waals surface area contributed by atoms with Gasteiger partial charge in [0.15, 0.2) is 0 Å². The van der Waals surface area contributed by atoms with Crippen LogP contribution in [0.5, 0.6) is 0 Å². The Bertz CT molecular complexity index is 929. The summed E-state index contributed by atoms with van der Waals surface area (Å²) in [7, 11) is 0. The van der Waals surface area contributed by atoms with Gasteiger partial charge < -0.3 is 10.6 Å². The Labute approximate surface area is 160 Å². The van der Waals surface area contributed by atoms with Gasteiger partial charge in [0.25, 0.3) is 0 Å². The fraction of sp³-hybridized carbons (Fsp3) is 0.227. The van der Waals surface area contributed by atoms with E-state index in [0.29, 0.717) is 17.4 Å². The lowest BCUT2D eigenvalue weighted by Crippen LogP contribution is -2.08. The number of hydrogen-bond donors (Lipinski definition) is 2. The maximum Gasteiger partial charge on any atom is 0.229 e. The molecule has 0 aliphatic rings. The molecule has 0 aliphatic carbocycles. The van der Waals surface area contributed by atoms with Crippen LogP contribution in [0, 0.1) is 17.2 Å². The van der Waals surface area contributed by atoms with Crippen LogP contribution < -0.4 is 10.6 Å². The van der Waals surface area contributed by atoms with Gasteiger partial charge in [-0.1, -0.05) is 50.2 Å². The maximum atomic E-state index is 9.09. The highest BCUT2D eigenvalue weighted by Gasteiger charge is 2.08. The lowest BCUT2D eigenvalue weighted by Gasteiger charge is -2.12. The number of hydrogen-bond acceptors (Lipinski definition) is 5. The molecule has 27 heavy (non-hydrogen) atoms. The van der Waals surface area contributed by atoms with Gasteiger partial charge in [-0.15, -0.1) is 0 Å². The Morgan fingerprint density at radius 1 is 1.00 bits per heavy atom. The first kappa shape index (κ1) is 18.4. The molecule has 2 N–H and O–H groups in total. The van der Waals surface area contributed by atoms with Gasteiger partial charge in [0.1, 0.15) is 5.82 Å². The molecule has 3 rings (SSSR count). The molecule has 0 spiro atoms. The van der Waals surface area contributed by atoms with Crippen molar-refractivity contribution in [2.75, 3.05) is 17.2 Å². The molecular weight excluding hydrogens is 334 g/mol. The summed E-state index contributed by atoms with van der Waals surface area (Å²) in [5.74, 6) is 1.90. The van der Waals surface area contributed by atoms with Crippen LogP contribution in [0.2, 0.25) is 0 Å². The summed E-state index contributed by atoms with van der Waals surface area (Å²) in [5, 5.41) is 15.7. The van der Waals surface area contributed by atoms with E-state index in [1.54, 1.807) is 12.1 Å². The zero-order valence-electron chi connectivity index (χ0n) is 15.6. The number of benzene rings is 2. The van der Waals surface area contributed by atoms with Crippen molar-refractivity contribution in [3.8, 4) is 17.3 Å². The first-order chi connectivity index (χ1) is 13.1. The van der Waals surface area contributed by atoms with Gasteiger partial charge in [0.05, 0.1) is 17.3 Å². The molecule has 136 valence electrons. The Morgan fingerprint density at radius 2 is 1.81 bits per heavy atom. The standard InChI is InChI=1S/C22H23N5/c1-16(2)11-12-24-21-14-20(18-8-4-3-5-9-18)26-22(27-21)25-19-10-6-7-17(13-19)15-23/h3-10,13-14,16H,11-12H2,1-2H3,(H2,24,25,26,27). The zero-order valence-corrected chi connectivity index (χ0v) is 15.6. The molecule has 0 saturated heterocycles. The van der Waals surface area contributed by atoms with E-state index in [4.69, 9.17) is 5.26 Å². The summed E-state index contributed by atoms with van der Waals surface area (Å²) >= 11 is 0. The summed E-state index contributed by atoms with van der Waals surface area (Å²) in [5.41, 5.74) is 3.25. The molecule has 0 radical (unpaired) electrons. The number of rotatable bonds is 7. The Morgan fingerprint density at radius 3 is 2.56 bits per heavy atom. The quantitative estimate of drug-likeness (QED) is 0.607. The molecule has 0 bridgehead atoms. The van der Waals surface area contributed by atoms with Crippen LogP contribution in [0.15, 0.2) is 60.7 Å².